The summed E-state index contributed by atoms with van der Waals surface area (Å²) in [6, 6.07) is 9.15. The molecule has 1 amide bonds. The van der Waals surface area contributed by atoms with Gasteiger partial charge in [-0.05, 0) is 56.3 Å². The van der Waals surface area contributed by atoms with E-state index < -0.39 is 33.7 Å². The number of rotatable bonds is 9. The third-order valence-corrected chi connectivity index (χ3v) is 9.02. The number of hydrogen-bond donors (Lipinski definition) is 5. The molecule has 3 heterocycles. The van der Waals surface area contributed by atoms with Gasteiger partial charge in [0, 0.05) is 74.6 Å². The van der Waals surface area contributed by atoms with Gasteiger partial charge in [0.1, 0.15) is 28.5 Å². The maximum absolute atomic E-state index is 13.6. The van der Waals surface area contributed by atoms with Crippen molar-refractivity contribution in [1.29, 1.82) is 0 Å². The molecule has 2 aliphatic heterocycles. The topological polar surface area (TPSA) is 168 Å². The molecule has 236 valence electrons. The van der Waals surface area contributed by atoms with E-state index >= 15 is 0 Å². The average Bonchev–Trinajstić information content (AvgIpc) is 2.97. The predicted octanol–water partition coefficient (Wildman–Crippen LogP) is 2.47. The number of anilines is 4. The molecule has 3 aromatic rings. The van der Waals surface area contributed by atoms with Gasteiger partial charge in [0.15, 0.2) is 0 Å². The van der Waals surface area contributed by atoms with Gasteiger partial charge in [0.2, 0.25) is 0 Å². The van der Waals surface area contributed by atoms with Crippen LogP contribution in [0.5, 0.6) is 0 Å². The first-order valence-electron chi connectivity index (χ1n) is 14.2. The minimum atomic E-state index is -4.34. The molecule has 0 radical (unpaired) electrons. The van der Waals surface area contributed by atoms with E-state index in [4.69, 9.17) is 16.2 Å². The van der Waals surface area contributed by atoms with Crippen molar-refractivity contribution in [3.63, 3.8) is 0 Å². The number of halogens is 2. The van der Waals surface area contributed by atoms with Gasteiger partial charge in [-0.15, -0.1) is 0 Å². The van der Waals surface area contributed by atoms with E-state index in [1.54, 1.807) is 6.07 Å². The number of sulfonamides is 1. The van der Waals surface area contributed by atoms with Gasteiger partial charge < -0.3 is 36.6 Å². The highest BCUT2D eigenvalue weighted by molar-refractivity contribution is 7.92. The van der Waals surface area contributed by atoms with E-state index in [9.17, 15) is 22.0 Å². The minimum Gasteiger partial charge on any atom is -0.383 e. The van der Waals surface area contributed by atoms with E-state index in [0.717, 1.165) is 69.1 Å². The second-order valence-corrected chi connectivity index (χ2v) is 12.6. The number of nitrogen functional groups attached to an aromatic ring is 1. The Morgan fingerprint density at radius 1 is 1.05 bits per heavy atom. The molecule has 5 rings (SSSR count). The number of nitrogens with two attached hydrogens (primary N) is 2. The van der Waals surface area contributed by atoms with Crippen LogP contribution in [0.1, 0.15) is 34.9 Å². The summed E-state index contributed by atoms with van der Waals surface area (Å²) in [7, 11) is -2.26. The third kappa shape index (κ3) is 7.53. The SMILES string of the molecule is CN1CCN(c2ccc(C(=O)NC(N)c3cc(S(=O)(=O)Nc4cc(F)cc(F)c4)cnc3N)c(NC3CCOCC3)c2)CC1. The Morgan fingerprint density at radius 3 is 2.41 bits per heavy atom. The standard InChI is InChI=1S/C29H36F2N8O4S/c1-38-6-8-39(9-7-38)22-2-3-24(26(15-22)35-20-4-10-43-11-5-20)29(40)36-28(33)25-16-23(17-34-27(25)32)44(41,42)37-21-13-18(30)12-19(31)14-21/h2-3,12-17,20,28,35,37H,4-11,33H2,1H3,(H2,32,34)(H,36,40). The quantitative estimate of drug-likeness (QED) is 0.222. The summed E-state index contributed by atoms with van der Waals surface area (Å²) in [6.45, 7) is 4.82. The predicted molar refractivity (Wildman–Crippen MR) is 164 cm³/mol. The second-order valence-electron chi connectivity index (χ2n) is 10.9. The summed E-state index contributed by atoms with van der Waals surface area (Å²) in [6.07, 6.45) is 1.33. The fourth-order valence-corrected chi connectivity index (χ4v) is 6.18. The highest BCUT2D eigenvalue weighted by Gasteiger charge is 2.24. The summed E-state index contributed by atoms with van der Waals surface area (Å²) in [5.41, 5.74) is 14.1. The average molecular weight is 631 g/mol. The number of hydrogen-bond acceptors (Lipinski definition) is 10. The highest BCUT2D eigenvalue weighted by atomic mass is 32.2. The molecule has 0 aliphatic carbocycles. The summed E-state index contributed by atoms with van der Waals surface area (Å²) in [5, 5.41) is 6.20. The van der Waals surface area contributed by atoms with Gasteiger partial charge in [0.25, 0.3) is 15.9 Å². The molecule has 44 heavy (non-hydrogen) atoms. The van der Waals surface area contributed by atoms with Gasteiger partial charge in [0.05, 0.1) is 11.3 Å². The fourth-order valence-electron chi connectivity index (χ4n) is 5.16. The van der Waals surface area contributed by atoms with Crippen molar-refractivity contribution in [3.05, 3.63) is 71.4 Å². The van der Waals surface area contributed by atoms with Crippen LogP contribution in [-0.4, -0.2) is 76.7 Å². The molecule has 2 saturated heterocycles. The molecular formula is C29H36F2N8O4S. The third-order valence-electron chi connectivity index (χ3n) is 7.67. The molecule has 7 N–H and O–H groups in total. The zero-order valence-corrected chi connectivity index (χ0v) is 25.0. The maximum atomic E-state index is 13.6. The number of nitrogens with one attached hydrogen (secondary N) is 3. The van der Waals surface area contributed by atoms with Crippen LogP contribution < -0.4 is 31.7 Å². The van der Waals surface area contributed by atoms with Gasteiger partial charge in [-0.3, -0.25) is 9.52 Å². The van der Waals surface area contributed by atoms with Crippen LogP contribution in [0.25, 0.3) is 0 Å². The number of piperazine rings is 1. The monoisotopic (exact) mass is 630 g/mol. The number of benzene rings is 2. The summed E-state index contributed by atoms with van der Waals surface area (Å²) < 4.78 is 60.8. The molecule has 1 aromatic heterocycles. The number of likely N-dealkylation sites (N-methyl/N-ethyl adjacent to an activating group) is 1. The lowest BCUT2D eigenvalue weighted by atomic mass is 10.1. The van der Waals surface area contributed by atoms with Crippen molar-refractivity contribution < 1.29 is 26.7 Å². The Morgan fingerprint density at radius 2 is 1.73 bits per heavy atom. The van der Waals surface area contributed by atoms with Crippen molar-refractivity contribution in [2.45, 2.75) is 29.9 Å². The Kier molecular flexibility index (Phi) is 9.48. The van der Waals surface area contributed by atoms with Gasteiger partial charge in [-0.25, -0.2) is 22.2 Å². The minimum absolute atomic E-state index is 0.0413. The molecule has 2 aliphatic rings. The van der Waals surface area contributed by atoms with E-state index in [1.165, 1.54) is 0 Å². The number of ether oxygens (including phenoxy) is 1. The molecule has 0 saturated carbocycles. The Bertz CT molecular complexity index is 1590. The number of carbonyl (C=O) groups is 1. The smallest absolute Gasteiger partial charge is 0.263 e. The van der Waals surface area contributed by atoms with Crippen LogP contribution in [0.2, 0.25) is 0 Å². The lowest BCUT2D eigenvalue weighted by Gasteiger charge is -2.34. The van der Waals surface area contributed by atoms with Crippen LogP contribution in [0.4, 0.5) is 31.7 Å². The van der Waals surface area contributed by atoms with Gasteiger partial charge in [-0.2, -0.15) is 0 Å². The number of amides is 1. The van der Waals surface area contributed by atoms with Gasteiger partial charge in [-0.1, -0.05) is 0 Å². The van der Waals surface area contributed by atoms with Crippen molar-refractivity contribution >= 4 is 38.8 Å². The second kappa shape index (κ2) is 13.3. The van der Waals surface area contributed by atoms with E-state index in [-0.39, 0.29) is 28.0 Å². The first-order chi connectivity index (χ1) is 21.0. The van der Waals surface area contributed by atoms with E-state index in [1.807, 2.05) is 12.1 Å². The molecule has 12 nitrogen and oxygen atoms in total. The largest absolute Gasteiger partial charge is 0.383 e. The summed E-state index contributed by atoms with van der Waals surface area (Å²) >= 11 is 0. The van der Waals surface area contributed by atoms with Crippen molar-refractivity contribution in [2.24, 2.45) is 5.73 Å². The Hall–Kier alpha value is -4.05. The van der Waals surface area contributed by atoms with Crippen molar-refractivity contribution in [3.8, 4) is 0 Å². The molecule has 2 aromatic carbocycles. The molecule has 2 fully saturated rings. The molecule has 1 atom stereocenters. The summed E-state index contributed by atoms with van der Waals surface area (Å²) in [5.74, 6) is -2.51. The molecule has 0 spiro atoms. The summed E-state index contributed by atoms with van der Waals surface area (Å²) in [4.78, 5) is 21.7. The molecule has 0 bridgehead atoms. The van der Waals surface area contributed by atoms with E-state index in [0.29, 0.717) is 30.5 Å². The fraction of sp³-hybridized carbons (Fsp3) is 0.379. The zero-order valence-electron chi connectivity index (χ0n) is 24.2. The molecule has 15 heteroatoms. The normalized spacial score (nSPS) is 17.2. The van der Waals surface area contributed by atoms with Crippen LogP contribution in [-0.2, 0) is 14.8 Å². The Balaban J connectivity index is 1.37. The van der Waals surface area contributed by atoms with Crippen molar-refractivity contribution in [2.75, 3.05) is 67.1 Å². The van der Waals surface area contributed by atoms with Crippen LogP contribution >= 0.6 is 0 Å². The lowest BCUT2D eigenvalue weighted by molar-refractivity contribution is 0.0903. The maximum Gasteiger partial charge on any atom is 0.263 e. The van der Waals surface area contributed by atoms with Crippen LogP contribution in [0.3, 0.4) is 0 Å². The van der Waals surface area contributed by atoms with Crippen molar-refractivity contribution in [1.82, 2.24) is 15.2 Å². The number of nitrogens with zero attached hydrogens (tertiary/aromatic N) is 3. The highest BCUT2D eigenvalue weighted by Crippen LogP contribution is 2.28. The number of aromatic nitrogens is 1. The number of carbonyl (C=O) groups excluding carboxylic acids is 1. The van der Waals surface area contributed by atoms with E-state index in [2.05, 4.69) is 37.2 Å². The first kappa shape index (κ1) is 31.4. The zero-order chi connectivity index (χ0) is 31.4. The molecule has 1 unspecified atom stereocenters. The Labute approximate surface area is 254 Å². The molecular weight excluding hydrogens is 594 g/mol. The van der Waals surface area contributed by atoms with Crippen LogP contribution in [0.15, 0.2) is 53.6 Å². The first-order valence-corrected chi connectivity index (χ1v) is 15.7. The lowest BCUT2D eigenvalue weighted by Crippen LogP contribution is -2.44. The van der Waals surface area contributed by atoms with Gasteiger partial charge >= 0.3 is 0 Å². The van der Waals surface area contributed by atoms with Crippen LogP contribution in [0, 0.1) is 11.6 Å². The number of pyridine rings is 1.